The van der Waals surface area contributed by atoms with E-state index in [4.69, 9.17) is 15.2 Å². The van der Waals surface area contributed by atoms with Crippen molar-refractivity contribution in [2.45, 2.75) is 31.5 Å². The first-order valence-electron chi connectivity index (χ1n) is 12.6. The van der Waals surface area contributed by atoms with E-state index in [2.05, 4.69) is 19.4 Å². The number of carbonyl (C=O) groups excluding carboxylic acids is 1. The smallest absolute Gasteiger partial charge is 0.246 e. The van der Waals surface area contributed by atoms with Crippen LogP contribution in [0.2, 0.25) is 0 Å². The van der Waals surface area contributed by atoms with Gasteiger partial charge in [-0.25, -0.2) is 14.4 Å². The summed E-state index contributed by atoms with van der Waals surface area (Å²) in [7, 11) is 3.23. The van der Waals surface area contributed by atoms with Gasteiger partial charge in [-0.3, -0.25) is 9.69 Å². The Bertz CT molecular complexity index is 1280. The van der Waals surface area contributed by atoms with E-state index in [1.165, 1.54) is 6.33 Å². The topological polar surface area (TPSA) is 98.7 Å². The first-order chi connectivity index (χ1) is 18.0. The Hall–Kier alpha value is -3.66. The molecule has 1 atom stereocenters. The van der Waals surface area contributed by atoms with Gasteiger partial charge < -0.3 is 24.7 Å². The van der Waals surface area contributed by atoms with E-state index in [1.807, 2.05) is 35.4 Å². The lowest BCUT2D eigenvalue weighted by Gasteiger charge is -2.27. The summed E-state index contributed by atoms with van der Waals surface area (Å²) in [6.07, 6.45) is 8.28. The Kier molecular flexibility index (Phi) is 7.27. The number of halogens is 1. The van der Waals surface area contributed by atoms with Crippen molar-refractivity contribution in [1.29, 1.82) is 0 Å². The lowest BCUT2D eigenvalue weighted by Crippen LogP contribution is -2.34. The van der Waals surface area contributed by atoms with E-state index >= 15 is 0 Å². The lowest BCUT2D eigenvalue weighted by atomic mass is 10.1. The molecule has 37 heavy (non-hydrogen) atoms. The number of hydrogen-bond acceptors (Lipinski definition) is 7. The number of carbonyl (C=O) groups is 1. The minimum Gasteiger partial charge on any atom is -0.497 e. The van der Waals surface area contributed by atoms with E-state index in [0.29, 0.717) is 49.8 Å². The Labute approximate surface area is 215 Å². The van der Waals surface area contributed by atoms with Gasteiger partial charge in [0.05, 0.1) is 25.6 Å². The molecule has 2 aliphatic heterocycles. The molecule has 1 aromatic carbocycles. The number of aromatic nitrogens is 3. The molecule has 1 amide bonds. The summed E-state index contributed by atoms with van der Waals surface area (Å²) in [5.74, 6) is 1.73. The van der Waals surface area contributed by atoms with Gasteiger partial charge in [-0.15, -0.1) is 0 Å². The van der Waals surface area contributed by atoms with Crippen LogP contribution in [-0.2, 0) is 4.79 Å². The Morgan fingerprint density at radius 2 is 1.84 bits per heavy atom. The average molecular weight is 509 g/mol. The number of anilines is 1. The van der Waals surface area contributed by atoms with Crippen molar-refractivity contribution in [2.24, 2.45) is 0 Å². The molecule has 0 bridgehead atoms. The fourth-order valence-corrected chi connectivity index (χ4v) is 5.23. The third-order valence-corrected chi connectivity index (χ3v) is 7.31. The number of nitrogens with two attached hydrogens (primary N) is 1. The summed E-state index contributed by atoms with van der Waals surface area (Å²) in [5, 5.41) is 0.763. The maximum Gasteiger partial charge on any atom is 0.246 e. The van der Waals surface area contributed by atoms with Crippen LogP contribution < -0.4 is 15.2 Å². The SMILES string of the molecule is COc1cc(OC)cc(-c2cn([C@H]3CCN(C(=O)/C=C/CN4CCC(F)CC4)C3)c3ncnc(N)c23)c1. The van der Waals surface area contributed by atoms with Gasteiger partial charge in [0.15, 0.2) is 0 Å². The third-order valence-electron chi connectivity index (χ3n) is 7.31. The van der Waals surface area contributed by atoms with Crippen molar-refractivity contribution >= 4 is 22.8 Å². The minimum absolute atomic E-state index is 0.00812. The minimum atomic E-state index is -0.694. The molecule has 3 aromatic rings. The number of fused-ring (bicyclic) bond motifs is 1. The fraction of sp³-hybridized carbons (Fsp3) is 0.444. The van der Waals surface area contributed by atoms with Gasteiger partial charge in [0.25, 0.3) is 0 Å². The van der Waals surface area contributed by atoms with Crippen LogP contribution >= 0.6 is 0 Å². The number of benzene rings is 1. The van der Waals surface area contributed by atoms with Crippen LogP contribution in [0.3, 0.4) is 0 Å². The summed E-state index contributed by atoms with van der Waals surface area (Å²) in [5.41, 5.74) is 8.82. The number of rotatable bonds is 7. The number of hydrogen-bond donors (Lipinski definition) is 1. The number of alkyl halides is 1. The van der Waals surface area contributed by atoms with Crippen molar-refractivity contribution in [3.8, 4) is 22.6 Å². The van der Waals surface area contributed by atoms with Gasteiger partial charge in [-0.05, 0) is 37.0 Å². The van der Waals surface area contributed by atoms with E-state index in [-0.39, 0.29) is 11.9 Å². The second-order valence-corrected chi connectivity index (χ2v) is 9.61. The molecule has 2 aliphatic rings. The van der Waals surface area contributed by atoms with Gasteiger partial charge in [-0.2, -0.15) is 0 Å². The first-order valence-corrected chi connectivity index (χ1v) is 12.6. The van der Waals surface area contributed by atoms with Crippen LogP contribution in [-0.4, -0.2) is 83.4 Å². The summed E-state index contributed by atoms with van der Waals surface area (Å²) in [6, 6.07) is 5.73. The van der Waals surface area contributed by atoms with Crippen LogP contribution in [0.15, 0.2) is 42.9 Å². The number of nitrogens with zero attached hydrogens (tertiary/aromatic N) is 5. The maximum absolute atomic E-state index is 13.3. The summed E-state index contributed by atoms with van der Waals surface area (Å²) >= 11 is 0. The second-order valence-electron chi connectivity index (χ2n) is 9.61. The van der Waals surface area contributed by atoms with Gasteiger partial charge >= 0.3 is 0 Å². The Morgan fingerprint density at radius 3 is 2.54 bits per heavy atom. The zero-order chi connectivity index (χ0) is 25.9. The standard InChI is InChI=1S/C27H33FN6O3/c1-36-21-12-18(13-22(14-21)37-2)23-16-34(27-25(23)26(29)30-17-31-27)20-7-11-33(15-20)24(35)4-3-8-32-9-5-19(28)6-10-32/h3-4,12-14,16-17,19-20H,5-11,15H2,1-2H3,(H2,29,30,31)/b4-3+/t20-/m0/s1. The number of piperidine rings is 1. The molecule has 4 heterocycles. The number of methoxy groups -OCH3 is 2. The van der Waals surface area contributed by atoms with Crippen molar-refractivity contribution in [3.05, 3.63) is 42.9 Å². The first kappa shape index (κ1) is 25.0. The predicted molar refractivity (Wildman–Crippen MR) is 140 cm³/mol. The number of ether oxygens (including phenoxy) is 2. The molecule has 0 unspecified atom stereocenters. The molecular formula is C27H33FN6O3. The molecule has 196 valence electrons. The molecule has 10 heteroatoms. The predicted octanol–water partition coefficient (Wildman–Crippen LogP) is 3.46. The summed E-state index contributed by atoms with van der Waals surface area (Å²) < 4.78 is 26.4. The quantitative estimate of drug-likeness (QED) is 0.488. The fourth-order valence-electron chi connectivity index (χ4n) is 5.23. The van der Waals surface area contributed by atoms with Crippen LogP contribution in [0.5, 0.6) is 11.5 Å². The average Bonchev–Trinajstić information content (AvgIpc) is 3.55. The Balaban J connectivity index is 1.36. The molecule has 5 rings (SSSR count). The highest BCUT2D eigenvalue weighted by molar-refractivity contribution is 6.01. The highest BCUT2D eigenvalue weighted by Crippen LogP contribution is 2.39. The lowest BCUT2D eigenvalue weighted by molar-refractivity contribution is -0.125. The molecule has 9 nitrogen and oxygen atoms in total. The van der Waals surface area contributed by atoms with Crippen LogP contribution in [0.1, 0.15) is 25.3 Å². The summed E-state index contributed by atoms with van der Waals surface area (Å²) in [6.45, 7) is 3.37. The van der Waals surface area contributed by atoms with Crippen LogP contribution in [0, 0.1) is 0 Å². The molecule has 0 radical (unpaired) electrons. The highest BCUT2D eigenvalue weighted by atomic mass is 19.1. The molecule has 0 aliphatic carbocycles. The molecule has 2 N–H and O–H groups in total. The zero-order valence-corrected chi connectivity index (χ0v) is 21.3. The van der Waals surface area contributed by atoms with Gasteiger partial charge in [0.2, 0.25) is 5.91 Å². The summed E-state index contributed by atoms with van der Waals surface area (Å²) in [4.78, 5) is 25.7. The molecule has 2 saturated heterocycles. The van der Waals surface area contributed by atoms with E-state index in [0.717, 1.165) is 41.7 Å². The molecule has 0 spiro atoms. The number of likely N-dealkylation sites (tertiary alicyclic amines) is 2. The number of nitrogen functional groups attached to an aromatic ring is 1. The van der Waals surface area contributed by atoms with Crippen molar-refractivity contribution in [3.63, 3.8) is 0 Å². The van der Waals surface area contributed by atoms with Crippen LogP contribution in [0.25, 0.3) is 22.2 Å². The van der Waals surface area contributed by atoms with Crippen LogP contribution in [0.4, 0.5) is 10.2 Å². The Morgan fingerprint density at radius 1 is 1.11 bits per heavy atom. The molecular weight excluding hydrogens is 475 g/mol. The van der Waals surface area contributed by atoms with Gasteiger partial charge in [0.1, 0.15) is 35.5 Å². The molecule has 2 fully saturated rings. The molecule has 0 saturated carbocycles. The van der Waals surface area contributed by atoms with E-state index < -0.39 is 6.17 Å². The van der Waals surface area contributed by atoms with Crippen molar-refractivity contribution in [2.75, 3.05) is 52.7 Å². The monoisotopic (exact) mass is 508 g/mol. The molecule has 2 aromatic heterocycles. The second kappa shape index (κ2) is 10.8. The zero-order valence-electron chi connectivity index (χ0n) is 21.3. The van der Waals surface area contributed by atoms with Crippen molar-refractivity contribution in [1.82, 2.24) is 24.3 Å². The van der Waals surface area contributed by atoms with Gasteiger partial charge in [0, 0.05) is 56.6 Å². The number of amides is 1. The van der Waals surface area contributed by atoms with E-state index in [1.54, 1.807) is 20.3 Å². The maximum atomic E-state index is 13.3. The highest BCUT2D eigenvalue weighted by Gasteiger charge is 2.29. The normalized spacial score (nSPS) is 19.2. The van der Waals surface area contributed by atoms with Gasteiger partial charge in [-0.1, -0.05) is 6.08 Å². The van der Waals surface area contributed by atoms with Crippen molar-refractivity contribution < 1.29 is 18.7 Å². The third kappa shape index (κ3) is 5.24. The largest absolute Gasteiger partial charge is 0.497 e. The van der Waals surface area contributed by atoms with E-state index in [9.17, 15) is 9.18 Å².